The Morgan fingerprint density at radius 3 is 1.45 bits per heavy atom. The van der Waals surface area contributed by atoms with E-state index in [-0.39, 0.29) is 51.7 Å². The first-order valence-electron chi connectivity index (χ1n) is 28.8. The molecule has 3 aliphatic rings. The van der Waals surface area contributed by atoms with Crippen molar-refractivity contribution in [2.24, 2.45) is 0 Å². The lowest BCUT2D eigenvalue weighted by molar-refractivity contribution is -0.306. The number of rotatable bonds is 21. The van der Waals surface area contributed by atoms with Crippen LogP contribution in [0.4, 0.5) is 24.0 Å². The zero-order valence-corrected chi connectivity index (χ0v) is 53.0. The van der Waals surface area contributed by atoms with Crippen molar-refractivity contribution >= 4 is 54.3 Å². The molecule has 8 N–H and O–H groups in total. The van der Waals surface area contributed by atoms with Crippen LogP contribution in [-0.4, -0.2) is 199 Å². The van der Waals surface area contributed by atoms with E-state index >= 15 is 0 Å². The topological polar surface area (TPSA) is 369 Å². The Morgan fingerprint density at radius 1 is 0.506 bits per heavy atom. The number of ether oxygens (including phenoxy) is 12. The van der Waals surface area contributed by atoms with Gasteiger partial charge in [-0.1, -0.05) is 6.92 Å². The van der Waals surface area contributed by atoms with Crippen LogP contribution in [0.2, 0.25) is 0 Å². The van der Waals surface area contributed by atoms with E-state index in [0.29, 0.717) is 0 Å². The van der Waals surface area contributed by atoms with Gasteiger partial charge in [0, 0.05) is 46.8 Å². The summed E-state index contributed by atoms with van der Waals surface area (Å²) in [6.07, 6.45) is -17.1. The molecule has 14 atom stereocenters. The smallest absolute Gasteiger partial charge is 0.408 e. The average Bonchev–Trinajstić information content (AvgIpc) is 1.22. The molecule has 3 fully saturated rings. The number of aliphatic hydroxyl groups is 1. The summed E-state index contributed by atoms with van der Waals surface area (Å²) < 4.78 is 72.2. The first-order valence-corrected chi connectivity index (χ1v) is 28.8. The number of aliphatic hydroxyl groups excluding tert-OH is 1. The van der Waals surface area contributed by atoms with Crippen LogP contribution in [0.3, 0.4) is 0 Å². The third kappa shape index (κ3) is 27.1. The molecule has 0 aromatic heterocycles. The fourth-order valence-corrected chi connectivity index (χ4v) is 9.31. The van der Waals surface area contributed by atoms with Gasteiger partial charge in [0.25, 0.3) is 5.91 Å². The minimum Gasteiger partial charge on any atom is -0.457 e. The largest absolute Gasteiger partial charge is 0.457 e. The van der Waals surface area contributed by atoms with E-state index in [1.54, 1.807) is 111 Å². The van der Waals surface area contributed by atoms with Crippen LogP contribution in [0.5, 0.6) is 0 Å². The van der Waals surface area contributed by atoms with Gasteiger partial charge in [0.15, 0.2) is 30.9 Å². The Morgan fingerprint density at radius 2 is 0.965 bits per heavy atom. The lowest BCUT2D eigenvalue weighted by Gasteiger charge is -2.51. The Bertz CT molecular complexity index is 2260. The summed E-state index contributed by atoms with van der Waals surface area (Å²) in [4.78, 5) is 121. The van der Waals surface area contributed by atoms with Gasteiger partial charge in [0.1, 0.15) is 34.0 Å². The van der Waals surface area contributed by atoms with E-state index in [0.717, 1.165) is 20.8 Å². The zero-order chi connectivity index (χ0) is 64.6. The molecule has 1 aliphatic carbocycles. The lowest BCUT2D eigenvalue weighted by atomic mass is 9.81. The second-order valence-corrected chi connectivity index (χ2v) is 25.9. The van der Waals surface area contributed by atoms with E-state index in [1.807, 2.05) is 0 Å². The maximum absolute atomic E-state index is 14.8. The number of nitrogens with one attached hydrogen (secondary N) is 7. The SMILES string of the molecule is CCC1O[C@H](O[C@@H]2C(NCCO)C(O[C@H]3OC(CNC(=O)OC(C)(C)C)CCC3NC(=O)OC(C)(C)C)[C@@H](NC(=O)OC(C)(C)C)C[C@H]2NC(=O)[C@H](CCNC(=O)OC(C)(C)C)OC(C)=O)C(OC(C)=O)[C@@H](NC(=O)OC(C)(C)C)[C@H]1OC(C)=O. The highest BCUT2D eigenvalue weighted by atomic mass is 16.7. The van der Waals surface area contributed by atoms with E-state index in [1.165, 1.54) is 0 Å². The van der Waals surface area contributed by atoms with Crippen molar-refractivity contribution in [3.8, 4) is 0 Å². The molecule has 0 radical (unpaired) electrons. The van der Waals surface area contributed by atoms with Crippen molar-refractivity contribution < 1.29 is 105 Å². The fourth-order valence-electron chi connectivity index (χ4n) is 9.31. The van der Waals surface area contributed by atoms with Crippen molar-refractivity contribution in [3.05, 3.63) is 0 Å². The van der Waals surface area contributed by atoms with E-state index < -0.39 is 174 Å². The van der Waals surface area contributed by atoms with Gasteiger partial charge in [-0.2, -0.15) is 0 Å². The summed E-state index contributed by atoms with van der Waals surface area (Å²) in [5, 5.41) is 30.3. The summed E-state index contributed by atoms with van der Waals surface area (Å²) in [6, 6.07) is -6.45. The minimum atomic E-state index is -1.75. The third-order valence-electron chi connectivity index (χ3n) is 12.2. The van der Waals surface area contributed by atoms with Gasteiger partial charge in [-0.3, -0.25) is 19.2 Å². The first kappa shape index (κ1) is 73.2. The Kier molecular flexibility index (Phi) is 27.2. The molecule has 29 nitrogen and oxygen atoms in total. The Labute approximate surface area is 498 Å². The number of carbonyl (C=O) groups excluding carboxylic acids is 9. The van der Waals surface area contributed by atoms with Gasteiger partial charge in [-0.05, 0) is 130 Å². The Balaban J connectivity index is 2.41. The van der Waals surface area contributed by atoms with Crippen LogP contribution in [0.15, 0.2) is 0 Å². The minimum absolute atomic E-state index is 0.0942. The quantitative estimate of drug-likeness (QED) is 0.0591. The van der Waals surface area contributed by atoms with Crippen molar-refractivity contribution in [1.29, 1.82) is 0 Å². The van der Waals surface area contributed by atoms with Crippen LogP contribution in [-0.2, 0) is 76.0 Å². The number of alkyl carbamates (subject to hydrolysis) is 5. The normalized spacial score (nSPS) is 26.8. The average molecular weight is 1220 g/mol. The van der Waals surface area contributed by atoms with Gasteiger partial charge in [0.05, 0.1) is 55.2 Å². The van der Waals surface area contributed by atoms with Crippen molar-refractivity contribution in [2.75, 3.05) is 26.2 Å². The highest BCUT2D eigenvalue weighted by Gasteiger charge is 2.56. The maximum atomic E-state index is 14.8. The van der Waals surface area contributed by atoms with Crippen molar-refractivity contribution in [2.45, 2.75) is 277 Å². The van der Waals surface area contributed by atoms with Crippen molar-refractivity contribution in [3.63, 3.8) is 0 Å². The summed E-state index contributed by atoms with van der Waals surface area (Å²) in [5.41, 5.74) is -4.78. The molecule has 6 amide bonds. The van der Waals surface area contributed by atoms with E-state index in [4.69, 9.17) is 56.8 Å². The van der Waals surface area contributed by atoms with Gasteiger partial charge in [-0.15, -0.1) is 0 Å². The molecule has 2 heterocycles. The molecule has 488 valence electrons. The fraction of sp³-hybridized carbons (Fsp3) is 0.839. The van der Waals surface area contributed by atoms with Crippen LogP contribution in [0.1, 0.15) is 164 Å². The monoisotopic (exact) mass is 1220 g/mol. The lowest BCUT2D eigenvalue weighted by Crippen LogP contribution is -2.73. The molecule has 0 aromatic carbocycles. The molecular weight excluding hydrogens is 1120 g/mol. The molecule has 2 aliphatic heterocycles. The molecular formula is C56H97N7O22. The molecule has 6 unspecified atom stereocenters. The van der Waals surface area contributed by atoms with Crippen LogP contribution < -0.4 is 37.2 Å². The number of hydrogen-bond acceptors (Lipinski definition) is 23. The first-order chi connectivity index (χ1) is 39.0. The highest BCUT2D eigenvalue weighted by molar-refractivity contribution is 5.84. The number of amides is 6. The van der Waals surface area contributed by atoms with Crippen LogP contribution >= 0.6 is 0 Å². The number of carbonyl (C=O) groups is 9. The molecule has 3 rings (SSSR count). The second-order valence-electron chi connectivity index (χ2n) is 25.9. The van der Waals surface area contributed by atoms with Crippen LogP contribution in [0.25, 0.3) is 0 Å². The Hall–Kier alpha value is -6.01. The summed E-state index contributed by atoms with van der Waals surface area (Å²) in [7, 11) is 0. The summed E-state index contributed by atoms with van der Waals surface area (Å²) in [6.45, 7) is 28.7. The summed E-state index contributed by atoms with van der Waals surface area (Å²) in [5.74, 6) is -3.49. The standard InChI is InChI=1S/C56H97N7O22/c1-20-36-42(75-30(3)66)39(63-51(73)85-56(17,18)19)43(76-31(4)67)46(78-36)80-40-34(60-44(68)37(74-29(2)65)23-24-58-47(69)81-52(5,6)7)27-35(62-50(72)84-55(14,15)16)41(38(40)57-25-26-64)79-45-33(61-49(71)83-54(11,12)13)22-21-32(77-45)28-59-48(70)82-53(8,9)10/h32-43,45-46,57,64H,20-28H2,1-19H3,(H,58,69)(H,59,70)(H,60,68)(H,61,71)(H,62,72)(H,63,73)/t32?,33?,34-,35+,36?,37+,38?,39+,40+,41?,42+,43?,45-,46-/m1/s1. The van der Waals surface area contributed by atoms with Gasteiger partial charge >= 0.3 is 48.4 Å². The summed E-state index contributed by atoms with van der Waals surface area (Å²) >= 11 is 0. The van der Waals surface area contributed by atoms with Gasteiger partial charge in [0.2, 0.25) is 0 Å². The second kappa shape index (κ2) is 31.6. The van der Waals surface area contributed by atoms with E-state index in [2.05, 4.69) is 37.2 Å². The molecule has 29 heteroatoms. The van der Waals surface area contributed by atoms with Crippen LogP contribution in [0, 0.1) is 0 Å². The molecule has 2 saturated heterocycles. The maximum Gasteiger partial charge on any atom is 0.408 e. The molecule has 0 bridgehead atoms. The molecule has 1 saturated carbocycles. The molecule has 0 spiro atoms. The molecule has 85 heavy (non-hydrogen) atoms. The molecule has 0 aromatic rings. The van der Waals surface area contributed by atoms with E-state index in [9.17, 15) is 48.3 Å². The van der Waals surface area contributed by atoms with Crippen molar-refractivity contribution in [1.82, 2.24) is 37.2 Å². The van der Waals surface area contributed by atoms with Gasteiger partial charge < -0.3 is 99.2 Å². The number of esters is 3. The predicted molar refractivity (Wildman–Crippen MR) is 301 cm³/mol. The van der Waals surface area contributed by atoms with Gasteiger partial charge in [-0.25, -0.2) is 24.0 Å². The predicted octanol–water partition coefficient (Wildman–Crippen LogP) is 4.15. The highest BCUT2D eigenvalue weighted by Crippen LogP contribution is 2.36. The third-order valence-corrected chi connectivity index (χ3v) is 12.2. The zero-order valence-electron chi connectivity index (χ0n) is 53.0. The number of hydrogen-bond donors (Lipinski definition) is 8.